The average molecular weight is 250 g/mol. The van der Waals surface area contributed by atoms with Gasteiger partial charge in [-0.3, -0.25) is 10.1 Å². The highest BCUT2D eigenvalue weighted by molar-refractivity contribution is 6.04. The molecule has 0 saturated heterocycles. The number of nitrogen functional groups attached to an aromatic ring is 1. The molecule has 2 amide bonds. The molecule has 0 aliphatic heterocycles. The zero-order valence-corrected chi connectivity index (χ0v) is 9.45. The average Bonchev–Trinajstić information content (AvgIpc) is 2.78. The second-order valence-electron chi connectivity index (χ2n) is 3.21. The molecule has 0 aromatic carbocycles. The van der Waals surface area contributed by atoms with E-state index in [4.69, 9.17) is 5.73 Å². The molecule has 3 N–H and O–H groups in total. The maximum Gasteiger partial charge on any atom is 0.414 e. The van der Waals surface area contributed by atoms with Crippen molar-refractivity contribution in [3.63, 3.8) is 0 Å². The van der Waals surface area contributed by atoms with E-state index in [-0.39, 0.29) is 18.1 Å². The summed E-state index contributed by atoms with van der Waals surface area (Å²) in [5.74, 6) is -0.803. The van der Waals surface area contributed by atoms with Gasteiger partial charge in [0.1, 0.15) is 0 Å². The number of hydrogen-bond acceptors (Lipinski definition) is 7. The number of alkyl carbamates (subject to hydrolysis) is 1. The number of aromatic nitrogens is 4. The van der Waals surface area contributed by atoms with Crippen LogP contribution in [-0.2, 0) is 4.74 Å². The predicted molar refractivity (Wildman–Crippen MR) is 59.7 cm³/mol. The van der Waals surface area contributed by atoms with Gasteiger partial charge in [-0.05, 0) is 6.92 Å². The number of nitrogens with zero attached hydrogens (tertiary/aromatic N) is 4. The second kappa shape index (κ2) is 4.65. The van der Waals surface area contributed by atoms with Gasteiger partial charge < -0.3 is 10.5 Å². The van der Waals surface area contributed by atoms with Crippen LogP contribution in [0.4, 0.5) is 10.6 Å². The minimum atomic E-state index is -0.871. The lowest BCUT2D eigenvalue weighted by atomic mass is 10.4. The molecule has 0 radical (unpaired) electrons. The summed E-state index contributed by atoms with van der Waals surface area (Å²) >= 11 is 0. The van der Waals surface area contributed by atoms with Crippen LogP contribution >= 0.6 is 0 Å². The smallest absolute Gasteiger partial charge is 0.414 e. The quantitative estimate of drug-likeness (QED) is 0.742. The van der Waals surface area contributed by atoms with Crippen molar-refractivity contribution in [2.75, 3.05) is 12.3 Å². The van der Waals surface area contributed by atoms with Crippen molar-refractivity contribution in [3.05, 3.63) is 18.0 Å². The number of fused-ring (bicyclic) bond motifs is 1. The summed E-state index contributed by atoms with van der Waals surface area (Å²) in [4.78, 5) is 22.8. The van der Waals surface area contributed by atoms with Gasteiger partial charge in [0.25, 0.3) is 5.91 Å². The number of hydrogen-bond donors (Lipinski definition) is 2. The largest absolute Gasteiger partial charge is 0.450 e. The maximum absolute atomic E-state index is 11.7. The minimum Gasteiger partial charge on any atom is -0.450 e. The van der Waals surface area contributed by atoms with Crippen molar-refractivity contribution in [2.24, 2.45) is 0 Å². The van der Waals surface area contributed by atoms with Gasteiger partial charge in [-0.25, -0.2) is 4.79 Å². The number of rotatable bonds is 2. The van der Waals surface area contributed by atoms with Gasteiger partial charge in [-0.2, -0.15) is 9.61 Å². The molecule has 2 aromatic rings. The third-order valence-corrected chi connectivity index (χ3v) is 2.05. The number of anilines is 1. The number of nitrogens with two attached hydrogens (primary N) is 1. The lowest BCUT2D eigenvalue weighted by Gasteiger charge is -2.05. The molecule has 0 unspecified atom stereocenters. The van der Waals surface area contributed by atoms with Crippen molar-refractivity contribution in [1.82, 2.24) is 25.1 Å². The fraction of sp³-hybridized carbons (Fsp3) is 0.222. The summed E-state index contributed by atoms with van der Waals surface area (Å²) in [7, 11) is 0. The zero-order chi connectivity index (χ0) is 13.1. The fourth-order valence-electron chi connectivity index (χ4n) is 1.29. The van der Waals surface area contributed by atoms with Crippen LogP contribution in [0.5, 0.6) is 0 Å². The molecule has 18 heavy (non-hydrogen) atoms. The van der Waals surface area contributed by atoms with E-state index >= 15 is 0 Å². The third kappa shape index (κ3) is 2.05. The topological polar surface area (TPSA) is 124 Å². The summed E-state index contributed by atoms with van der Waals surface area (Å²) in [6.45, 7) is 1.77. The molecule has 0 atom stereocenters. The van der Waals surface area contributed by atoms with Gasteiger partial charge in [0.15, 0.2) is 17.2 Å². The van der Waals surface area contributed by atoms with Crippen LogP contribution in [0.25, 0.3) is 5.65 Å². The Kier molecular flexibility index (Phi) is 3.04. The number of carbonyl (C=O) groups is 2. The van der Waals surface area contributed by atoms with Crippen molar-refractivity contribution in [3.8, 4) is 0 Å². The predicted octanol–water partition coefficient (Wildman–Crippen LogP) is -0.407. The molecule has 2 aromatic heterocycles. The first-order chi connectivity index (χ1) is 8.63. The van der Waals surface area contributed by atoms with Crippen LogP contribution in [-0.4, -0.2) is 38.4 Å². The Balaban J connectivity index is 2.27. The SMILES string of the molecule is CCOC(=O)NC(=O)c1nnc2ccnn2c1N. The first-order valence-electron chi connectivity index (χ1n) is 5.07. The van der Waals surface area contributed by atoms with Gasteiger partial charge in [0, 0.05) is 6.07 Å². The van der Waals surface area contributed by atoms with E-state index in [0.717, 1.165) is 0 Å². The van der Waals surface area contributed by atoms with Gasteiger partial charge in [-0.1, -0.05) is 0 Å². The highest BCUT2D eigenvalue weighted by Crippen LogP contribution is 2.08. The van der Waals surface area contributed by atoms with Crippen molar-refractivity contribution in [2.45, 2.75) is 6.92 Å². The van der Waals surface area contributed by atoms with Crippen LogP contribution < -0.4 is 11.1 Å². The number of amides is 2. The van der Waals surface area contributed by atoms with Crippen LogP contribution in [0.1, 0.15) is 17.4 Å². The monoisotopic (exact) mass is 250 g/mol. The minimum absolute atomic E-state index is 0.00759. The molecule has 0 bridgehead atoms. The van der Waals surface area contributed by atoms with Gasteiger partial charge >= 0.3 is 6.09 Å². The highest BCUT2D eigenvalue weighted by atomic mass is 16.5. The Morgan fingerprint density at radius 1 is 1.50 bits per heavy atom. The van der Waals surface area contributed by atoms with E-state index in [2.05, 4.69) is 20.0 Å². The number of nitrogens with one attached hydrogen (secondary N) is 1. The van der Waals surface area contributed by atoms with Crippen LogP contribution in [0.3, 0.4) is 0 Å². The Morgan fingerprint density at radius 2 is 2.28 bits per heavy atom. The Labute approximate surface area is 101 Å². The van der Waals surface area contributed by atoms with Crippen molar-refractivity contribution >= 4 is 23.5 Å². The normalized spacial score (nSPS) is 10.3. The number of imide groups is 1. The lowest BCUT2D eigenvalue weighted by Crippen LogP contribution is -2.33. The molecular formula is C9H10N6O3. The molecule has 0 aliphatic carbocycles. The summed E-state index contributed by atoms with van der Waals surface area (Å²) < 4.78 is 5.81. The molecule has 9 nitrogen and oxygen atoms in total. The van der Waals surface area contributed by atoms with E-state index in [1.807, 2.05) is 5.32 Å². The zero-order valence-electron chi connectivity index (χ0n) is 9.45. The Bertz CT molecular complexity index is 607. The standard InChI is InChI=1S/C9H10N6O3/c1-2-18-9(17)12-8(16)6-7(10)15-5(13-14-6)3-4-11-15/h3-4H,2,10H2,1H3,(H,12,16,17). The van der Waals surface area contributed by atoms with Gasteiger partial charge in [-0.15, -0.1) is 10.2 Å². The number of carbonyl (C=O) groups excluding carboxylic acids is 2. The second-order valence-corrected chi connectivity index (χ2v) is 3.21. The molecule has 2 heterocycles. The van der Waals surface area contributed by atoms with Crippen molar-refractivity contribution < 1.29 is 14.3 Å². The lowest BCUT2D eigenvalue weighted by molar-refractivity contribution is 0.0919. The fourth-order valence-corrected chi connectivity index (χ4v) is 1.29. The van der Waals surface area contributed by atoms with Crippen molar-refractivity contribution in [1.29, 1.82) is 0 Å². The number of ether oxygens (including phenoxy) is 1. The molecule has 0 spiro atoms. The van der Waals surface area contributed by atoms with Gasteiger partial charge in [0.2, 0.25) is 0 Å². The summed E-state index contributed by atoms with van der Waals surface area (Å²) in [5, 5.41) is 13.2. The molecule has 0 saturated carbocycles. The van der Waals surface area contributed by atoms with E-state index in [9.17, 15) is 9.59 Å². The molecular weight excluding hydrogens is 240 g/mol. The Hall–Kier alpha value is -2.71. The van der Waals surface area contributed by atoms with Crippen LogP contribution in [0, 0.1) is 0 Å². The van der Waals surface area contributed by atoms with Crippen LogP contribution in [0.15, 0.2) is 12.3 Å². The summed E-state index contributed by atoms with van der Waals surface area (Å²) in [6.07, 6.45) is 0.595. The third-order valence-electron chi connectivity index (χ3n) is 2.05. The maximum atomic E-state index is 11.7. The van der Waals surface area contributed by atoms with E-state index in [1.165, 1.54) is 10.7 Å². The molecule has 2 rings (SSSR count). The van der Waals surface area contributed by atoms with E-state index in [1.54, 1.807) is 13.0 Å². The summed E-state index contributed by atoms with van der Waals surface area (Å²) in [5.41, 5.74) is 5.91. The first-order valence-corrected chi connectivity index (χ1v) is 5.07. The van der Waals surface area contributed by atoms with E-state index < -0.39 is 12.0 Å². The molecule has 94 valence electrons. The molecule has 9 heteroatoms. The van der Waals surface area contributed by atoms with Gasteiger partial charge in [0.05, 0.1) is 12.8 Å². The highest BCUT2D eigenvalue weighted by Gasteiger charge is 2.18. The molecule has 0 aliphatic rings. The van der Waals surface area contributed by atoms with Crippen LogP contribution in [0.2, 0.25) is 0 Å². The first kappa shape index (κ1) is 11.8. The van der Waals surface area contributed by atoms with E-state index in [0.29, 0.717) is 5.65 Å². The summed E-state index contributed by atoms with van der Waals surface area (Å²) in [6, 6.07) is 1.58. The molecule has 0 fully saturated rings. The Morgan fingerprint density at radius 3 is 3.00 bits per heavy atom.